The van der Waals surface area contributed by atoms with Crippen molar-refractivity contribution in [1.82, 2.24) is 4.98 Å². The number of aromatic nitrogens is 1. The predicted octanol–water partition coefficient (Wildman–Crippen LogP) is 2.70. The molecule has 4 heteroatoms. The molecule has 0 saturated heterocycles. The number of fused-ring (bicyclic) bond motifs is 2. The summed E-state index contributed by atoms with van der Waals surface area (Å²) in [5.41, 5.74) is 3.18. The van der Waals surface area contributed by atoms with Gasteiger partial charge in [0, 0.05) is 12.6 Å². The summed E-state index contributed by atoms with van der Waals surface area (Å²) >= 11 is 0. The van der Waals surface area contributed by atoms with Crippen molar-refractivity contribution in [2.45, 2.75) is 19.4 Å². The smallest absolute Gasteiger partial charge is 0.333 e. The lowest BCUT2D eigenvalue weighted by molar-refractivity contribution is -0.144. The molecule has 0 amide bonds. The summed E-state index contributed by atoms with van der Waals surface area (Å²) in [7, 11) is 0. The second kappa shape index (κ2) is 5.33. The summed E-state index contributed by atoms with van der Waals surface area (Å²) < 4.78 is 5.18. The number of nitrogens with zero attached hydrogens (tertiary/aromatic N) is 1. The lowest BCUT2D eigenvalue weighted by Gasteiger charge is -2.18. The van der Waals surface area contributed by atoms with Crippen molar-refractivity contribution in [3.8, 4) is 0 Å². The van der Waals surface area contributed by atoms with E-state index < -0.39 is 6.04 Å². The molecule has 3 rings (SSSR count). The van der Waals surface area contributed by atoms with Crippen LogP contribution in [0.4, 0.5) is 5.82 Å². The quantitative estimate of drug-likeness (QED) is 0.851. The molecule has 2 heterocycles. The molecule has 1 aliphatic rings. The van der Waals surface area contributed by atoms with Gasteiger partial charge in [-0.25, -0.2) is 9.78 Å². The summed E-state index contributed by atoms with van der Waals surface area (Å²) in [5, 5.41) is 3.21. The van der Waals surface area contributed by atoms with Gasteiger partial charge in [0.2, 0.25) is 0 Å². The zero-order chi connectivity index (χ0) is 13.9. The molecule has 1 unspecified atom stereocenters. The van der Waals surface area contributed by atoms with Crippen LogP contribution in [0.3, 0.4) is 0 Å². The minimum absolute atomic E-state index is 0.265. The molecule has 1 aromatic carbocycles. The third kappa shape index (κ3) is 2.25. The Morgan fingerprint density at radius 2 is 2.10 bits per heavy atom. The summed E-state index contributed by atoms with van der Waals surface area (Å²) in [6.07, 6.45) is 2.49. The van der Waals surface area contributed by atoms with Gasteiger partial charge in [0.15, 0.2) is 6.04 Å². The van der Waals surface area contributed by atoms with Crippen molar-refractivity contribution in [2.24, 2.45) is 0 Å². The molecule has 1 aromatic heterocycles. The zero-order valence-corrected chi connectivity index (χ0v) is 11.3. The number of hydrogen-bond donors (Lipinski definition) is 1. The number of pyridine rings is 1. The number of carbonyl (C=O) groups is 1. The highest BCUT2D eigenvalue weighted by Gasteiger charge is 2.28. The van der Waals surface area contributed by atoms with Crippen LogP contribution in [-0.4, -0.2) is 17.6 Å². The highest BCUT2D eigenvalue weighted by molar-refractivity contribution is 5.82. The van der Waals surface area contributed by atoms with E-state index in [4.69, 9.17) is 4.74 Å². The van der Waals surface area contributed by atoms with Crippen LogP contribution in [0, 0.1) is 0 Å². The van der Waals surface area contributed by atoms with Crippen LogP contribution in [0.2, 0.25) is 0 Å². The number of carbonyl (C=O) groups excluding carboxylic acids is 1. The Balaban J connectivity index is 2.08. The van der Waals surface area contributed by atoms with Gasteiger partial charge in [-0.05, 0) is 29.7 Å². The van der Waals surface area contributed by atoms with E-state index in [0.29, 0.717) is 6.61 Å². The molecular weight excluding hydrogens is 252 g/mol. The molecule has 1 atom stereocenters. The van der Waals surface area contributed by atoms with Crippen LogP contribution in [0.15, 0.2) is 42.6 Å². The van der Waals surface area contributed by atoms with Crippen molar-refractivity contribution < 1.29 is 9.53 Å². The predicted molar refractivity (Wildman–Crippen MR) is 76.5 cm³/mol. The molecule has 1 aliphatic heterocycles. The average Bonchev–Trinajstić information content (AvgIpc) is 2.64. The molecule has 0 saturated carbocycles. The minimum Gasteiger partial charge on any atom is -0.464 e. The number of ether oxygens (including phenoxy) is 1. The Kier molecular flexibility index (Phi) is 3.37. The van der Waals surface area contributed by atoms with Crippen molar-refractivity contribution in [3.63, 3.8) is 0 Å². The third-order valence-corrected chi connectivity index (χ3v) is 3.44. The Morgan fingerprint density at radius 3 is 2.95 bits per heavy atom. The number of rotatable bonds is 2. The lowest BCUT2D eigenvalue weighted by atomic mass is 9.98. The maximum absolute atomic E-state index is 12.2. The van der Waals surface area contributed by atoms with Crippen LogP contribution < -0.4 is 5.32 Å². The topological polar surface area (TPSA) is 51.2 Å². The van der Waals surface area contributed by atoms with Crippen LogP contribution in [0.5, 0.6) is 0 Å². The highest BCUT2D eigenvalue weighted by Crippen LogP contribution is 2.31. The number of esters is 1. The molecule has 0 bridgehead atoms. The average molecular weight is 268 g/mol. The van der Waals surface area contributed by atoms with E-state index in [1.165, 1.54) is 0 Å². The molecule has 20 heavy (non-hydrogen) atoms. The van der Waals surface area contributed by atoms with E-state index in [-0.39, 0.29) is 5.97 Å². The Hall–Kier alpha value is -2.36. The maximum atomic E-state index is 12.2. The van der Waals surface area contributed by atoms with Gasteiger partial charge in [-0.2, -0.15) is 0 Å². The molecular formula is C16H16N2O2. The first-order valence-electron chi connectivity index (χ1n) is 6.74. The Morgan fingerprint density at radius 1 is 1.30 bits per heavy atom. The van der Waals surface area contributed by atoms with Crippen LogP contribution in [0.25, 0.3) is 0 Å². The first-order chi connectivity index (χ1) is 9.79. The number of anilines is 1. The van der Waals surface area contributed by atoms with Gasteiger partial charge in [0.1, 0.15) is 5.82 Å². The number of hydrogen-bond acceptors (Lipinski definition) is 4. The Bertz CT molecular complexity index is 640. The number of benzene rings is 1. The normalized spacial score (nSPS) is 16.4. The third-order valence-electron chi connectivity index (χ3n) is 3.44. The number of nitrogens with one attached hydrogen (secondary N) is 1. The molecule has 4 nitrogen and oxygen atoms in total. The first-order valence-corrected chi connectivity index (χ1v) is 6.74. The SMILES string of the molecule is CCOC(=O)C1Nc2ncccc2Cc2ccccc21. The van der Waals surface area contributed by atoms with Gasteiger partial charge in [-0.3, -0.25) is 0 Å². The van der Waals surface area contributed by atoms with E-state index in [9.17, 15) is 4.79 Å². The fourth-order valence-corrected chi connectivity index (χ4v) is 2.52. The fraction of sp³-hybridized carbons (Fsp3) is 0.250. The summed E-state index contributed by atoms with van der Waals surface area (Å²) in [6, 6.07) is 11.4. The van der Waals surface area contributed by atoms with Gasteiger partial charge in [0.25, 0.3) is 0 Å². The van der Waals surface area contributed by atoms with Crippen molar-refractivity contribution >= 4 is 11.8 Å². The summed E-state index contributed by atoms with van der Waals surface area (Å²) in [4.78, 5) is 16.5. The second-order valence-electron chi connectivity index (χ2n) is 4.72. The Labute approximate surface area is 117 Å². The molecule has 0 radical (unpaired) electrons. The van der Waals surface area contributed by atoms with E-state index in [0.717, 1.165) is 28.9 Å². The van der Waals surface area contributed by atoms with E-state index in [2.05, 4.69) is 10.3 Å². The molecule has 0 fully saturated rings. The second-order valence-corrected chi connectivity index (χ2v) is 4.72. The summed E-state index contributed by atoms with van der Waals surface area (Å²) in [5.74, 6) is 0.486. The fourth-order valence-electron chi connectivity index (χ4n) is 2.52. The van der Waals surface area contributed by atoms with Crippen molar-refractivity contribution in [2.75, 3.05) is 11.9 Å². The van der Waals surface area contributed by atoms with Crippen LogP contribution in [-0.2, 0) is 16.0 Å². The monoisotopic (exact) mass is 268 g/mol. The molecule has 0 aliphatic carbocycles. The maximum Gasteiger partial charge on any atom is 0.333 e. The van der Waals surface area contributed by atoms with Gasteiger partial charge in [0.05, 0.1) is 6.61 Å². The van der Waals surface area contributed by atoms with Crippen molar-refractivity contribution in [1.29, 1.82) is 0 Å². The lowest BCUT2D eigenvalue weighted by Crippen LogP contribution is -2.23. The molecule has 2 aromatic rings. The largest absolute Gasteiger partial charge is 0.464 e. The van der Waals surface area contributed by atoms with Crippen LogP contribution in [0.1, 0.15) is 29.7 Å². The minimum atomic E-state index is -0.498. The van der Waals surface area contributed by atoms with E-state index in [1.54, 1.807) is 6.20 Å². The van der Waals surface area contributed by atoms with Gasteiger partial charge >= 0.3 is 5.97 Å². The molecule has 102 valence electrons. The van der Waals surface area contributed by atoms with Gasteiger partial charge < -0.3 is 10.1 Å². The van der Waals surface area contributed by atoms with Crippen molar-refractivity contribution in [3.05, 3.63) is 59.3 Å². The summed E-state index contributed by atoms with van der Waals surface area (Å²) in [6.45, 7) is 2.18. The standard InChI is InChI=1S/C16H16N2O2/c1-2-20-16(19)14-13-8-4-3-6-11(13)10-12-7-5-9-17-15(12)18-14/h3-9,14H,2,10H2,1H3,(H,17,18). The van der Waals surface area contributed by atoms with Gasteiger partial charge in [-0.1, -0.05) is 30.3 Å². The zero-order valence-electron chi connectivity index (χ0n) is 11.3. The van der Waals surface area contributed by atoms with E-state index in [1.807, 2.05) is 43.3 Å². The molecule has 0 spiro atoms. The van der Waals surface area contributed by atoms with E-state index >= 15 is 0 Å². The first kappa shape index (κ1) is 12.7. The van der Waals surface area contributed by atoms with Gasteiger partial charge in [-0.15, -0.1) is 0 Å². The highest BCUT2D eigenvalue weighted by atomic mass is 16.5. The molecule has 1 N–H and O–H groups in total. The van der Waals surface area contributed by atoms with Crippen LogP contribution >= 0.6 is 0 Å².